The van der Waals surface area contributed by atoms with Gasteiger partial charge in [-0.2, -0.15) is 0 Å². The van der Waals surface area contributed by atoms with Crippen LogP contribution >= 0.6 is 11.8 Å². The maximum absolute atomic E-state index is 14.1. The highest BCUT2D eigenvalue weighted by Gasteiger charge is 2.28. The summed E-state index contributed by atoms with van der Waals surface area (Å²) in [6.07, 6.45) is 3.34. The van der Waals surface area contributed by atoms with Crippen LogP contribution in [0.3, 0.4) is 0 Å². The van der Waals surface area contributed by atoms with Crippen molar-refractivity contribution in [3.8, 4) is 11.4 Å². The van der Waals surface area contributed by atoms with E-state index in [0.717, 1.165) is 17.3 Å². The predicted octanol–water partition coefficient (Wildman–Crippen LogP) is 3.02. The highest BCUT2D eigenvalue weighted by Crippen LogP contribution is 2.37. The number of thioether (sulfide) groups is 1. The van der Waals surface area contributed by atoms with Crippen LogP contribution in [0.1, 0.15) is 10.8 Å². The number of pyridine rings is 1. The van der Waals surface area contributed by atoms with Crippen LogP contribution in [0.4, 0.5) is 4.39 Å². The van der Waals surface area contributed by atoms with E-state index in [9.17, 15) is 9.18 Å². The van der Waals surface area contributed by atoms with Crippen molar-refractivity contribution in [2.75, 3.05) is 7.11 Å². The molecule has 0 aliphatic heterocycles. The van der Waals surface area contributed by atoms with Crippen molar-refractivity contribution in [1.29, 1.82) is 0 Å². The minimum absolute atomic E-state index is 0.241. The van der Waals surface area contributed by atoms with E-state index in [2.05, 4.69) is 15.2 Å². The number of aromatic nitrogens is 4. The SMILES string of the molecule is COC(=O)[C@H](Sc1nnc(-c2cccnc2)n1C)c1ccccc1F. The molecule has 0 amide bonds. The van der Waals surface area contributed by atoms with Crippen LogP contribution in [0.2, 0.25) is 0 Å². The van der Waals surface area contributed by atoms with Gasteiger partial charge in [0.1, 0.15) is 11.1 Å². The molecule has 1 aromatic carbocycles. The number of halogens is 1. The number of methoxy groups -OCH3 is 1. The van der Waals surface area contributed by atoms with Gasteiger partial charge < -0.3 is 9.30 Å². The molecule has 3 aromatic rings. The Hall–Kier alpha value is -2.74. The Kier molecular flexibility index (Phi) is 5.08. The Morgan fingerprint density at radius 1 is 1.24 bits per heavy atom. The Balaban J connectivity index is 1.95. The second kappa shape index (κ2) is 7.43. The summed E-state index contributed by atoms with van der Waals surface area (Å²) in [5, 5.41) is 7.86. The molecule has 6 nitrogen and oxygen atoms in total. The van der Waals surface area contributed by atoms with Gasteiger partial charge in [0.2, 0.25) is 0 Å². The second-order valence-electron chi connectivity index (χ2n) is 5.15. The lowest BCUT2D eigenvalue weighted by molar-refractivity contribution is -0.140. The normalized spacial score (nSPS) is 12.0. The maximum atomic E-state index is 14.1. The zero-order chi connectivity index (χ0) is 17.8. The van der Waals surface area contributed by atoms with E-state index in [1.165, 1.54) is 13.2 Å². The molecular formula is C17H15FN4O2S. The van der Waals surface area contributed by atoms with Gasteiger partial charge in [-0.15, -0.1) is 10.2 Å². The van der Waals surface area contributed by atoms with Crippen molar-refractivity contribution in [2.24, 2.45) is 7.05 Å². The standard InChI is InChI=1S/C17H15FN4O2S/c1-22-15(11-6-5-9-19-10-11)20-21-17(22)25-14(16(23)24-2)12-7-3-4-8-13(12)18/h3-10,14H,1-2H3/t14-/m1/s1. The van der Waals surface area contributed by atoms with Gasteiger partial charge in [-0.25, -0.2) is 4.39 Å². The quantitative estimate of drug-likeness (QED) is 0.516. The summed E-state index contributed by atoms with van der Waals surface area (Å²) < 4.78 is 20.7. The van der Waals surface area contributed by atoms with Crippen molar-refractivity contribution >= 4 is 17.7 Å². The molecule has 0 aliphatic carbocycles. The summed E-state index contributed by atoms with van der Waals surface area (Å²) in [5.74, 6) is -0.422. The molecule has 0 aliphatic rings. The highest BCUT2D eigenvalue weighted by atomic mass is 32.2. The fraction of sp³-hybridized carbons (Fsp3) is 0.176. The summed E-state index contributed by atoms with van der Waals surface area (Å²) in [6, 6.07) is 9.77. The number of rotatable bonds is 5. The van der Waals surface area contributed by atoms with E-state index in [0.29, 0.717) is 11.0 Å². The monoisotopic (exact) mass is 358 g/mol. The van der Waals surface area contributed by atoms with Gasteiger partial charge in [-0.1, -0.05) is 30.0 Å². The van der Waals surface area contributed by atoms with E-state index in [4.69, 9.17) is 4.74 Å². The van der Waals surface area contributed by atoms with E-state index in [1.807, 2.05) is 6.07 Å². The molecule has 3 rings (SSSR count). The molecule has 0 saturated carbocycles. The molecule has 0 N–H and O–H groups in total. The van der Waals surface area contributed by atoms with Gasteiger partial charge in [-0.3, -0.25) is 9.78 Å². The van der Waals surface area contributed by atoms with E-state index >= 15 is 0 Å². The number of carbonyl (C=O) groups is 1. The molecule has 2 aromatic heterocycles. The molecule has 0 unspecified atom stereocenters. The third-order valence-electron chi connectivity index (χ3n) is 3.58. The number of carbonyl (C=O) groups excluding carboxylic acids is 1. The summed E-state index contributed by atoms with van der Waals surface area (Å²) in [7, 11) is 3.05. The minimum Gasteiger partial charge on any atom is -0.468 e. The highest BCUT2D eigenvalue weighted by molar-refractivity contribution is 8.00. The number of hydrogen-bond acceptors (Lipinski definition) is 6. The van der Waals surface area contributed by atoms with Crippen molar-refractivity contribution in [2.45, 2.75) is 10.4 Å². The average molecular weight is 358 g/mol. The summed E-state index contributed by atoms with van der Waals surface area (Å²) in [4.78, 5) is 16.2. The maximum Gasteiger partial charge on any atom is 0.323 e. The van der Waals surface area contributed by atoms with Crippen LogP contribution in [-0.4, -0.2) is 32.8 Å². The fourth-order valence-electron chi connectivity index (χ4n) is 2.30. The minimum atomic E-state index is -0.879. The fourth-order valence-corrected chi connectivity index (χ4v) is 3.36. The molecule has 128 valence electrons. The molecule has 0 spiro atoms. The zero-order valence-electron chi connectivity index (χ0n) is 13.6. The molecule has 0 fully saturated rings. The van der Waals surface area contributed by atoms with Gasteiger partial charge in [0.25, 0.3) is 0 Å². The predicted molar refractivity (Wildman–Crippen MR) is 91.2 cm³/mol. The van der Waals surface area contributed by atoms with Crippen LogP contribution in [0, 0.1) is 5.82 Å². The third kappa shape index (κ3) is 3.53. The molecule has 2 heterocycles. The molecular weight excluding hydrogens is 343 g/mol. The van der Waals surface area contributed by atoms with Crippen molar-refractivity contribution in [3.05, 3.63) is 60.2 Å². The first-order valence-corrected chi connectivity index (χ1v) is 8.28. The molecule has 0 saturated heterocycles. The zero-order valence-corrected chi connectivity index (χ0v) is 14.4. The van der Waals surface area contributed by atoms with E-state index in [1.54, 1.807) is 48.3 Å². The van der Waals surface area contributed by atoms with Gasteiger partial charge >= 0.3 is 5.97 Å². The van der Waals surface area contributed by atoms with Gasteiger partial charge in [0.15, 0.2) is 11.0 Å². The first-order valence-electron chi connectivity index (χ1n) is 7.40. The van der Waals surface area contributed by atoms with Gasteiger partial charge in [0, 0.05) is 30.6 Å². The Bertz CT molecular complexity index is 885. The van der Waals surface area contributed by atoms with Crippen LogP contribution in [0.5, 0.6) is 0 Å². The van der Waals surface area contributed by atoms with Gasteiger partial charge in [0.05, 0.1) is 7.11 Å². The summed E-state index contributed by atoms with van der Waals surface area (Å²) >= 11 is 1.09. The average Bonchev–Trinajstić information content (AvgIpc) is 3.01. The Labute approximate surface area is 148 Å². The smallest absolute Gasteiger partial charge is 0.323 e. The largest absolute Gasteiger partial charge is 0.468 e. The number of benzene rings is 1. The van der Waals surface area contributed by atoms with E-state index in [-0.39, 0.29) is 5.56 Å². The topological polar surface area (TPSA) is 69.9 Å². The van der Waals surface area contributed by atoms with Crippen molar-refractivity contribution < 1.29 is 13.9 Å². The second-order valence-corrected chi connectivity index (χ2v) is 6.22. The molecule has 1 atom stereocenters. The van der Waals surface area contributed by atoms with Crippen LogP contribution < -0.4 is 0 Å². The Morgan fingerprint density at radius 3 is 2.72 bits per heavy atom. The first kappa shape index (κ1) is 17.1. The lowest BCUT2D eigenvalue weighted by Crippen LogP contribution is -2.13. The van der Waals surface area contributed by atoms with Crippen LogP contribution in [-0.2, 0) is 16.6 Å². The lowest BCUT2D eigenvalue weighted by atomic mass is 10.1. The number of hydrogen-bond donors (Lipinski definition) is 0. The molecule has 0 bridgehead atoms. The summed E-state index contributed by atoms with van der Waals surface area (Å²) in [6.45, 7) is 0. The number of ether oxygens (including phenoxy) is 1. The van der Waals surface area contributed by atoms with Crippen molar-refractivity contribution in [1.82, 2.24) is 19.7 Å². The molecule has 0 radical (unpaired) electrons. The third-order valence-corrected chi connectivity index (χ3v) is 4.83. The number of esters is 1. The van der Waals surface area contributed by atoms with Crippen molar-refractivity contribution in [3.63, 3.8) is 0 Å². The van der Waals surface area contributed by atoms with Gasteiger partial charge in [-0.05, 0) is 18.2 Å². The summed E-state index contributed by atoms with van der Waals surface area (Å²) in [5.41, 5.74) is 1.04. The molecule has 25 heavy (non-hydrogen) atoms. The molecule has 8 heteroatoms. The van der Waals surface area contributed by atoms with E-state index < -0.39 is 17.0 Å². The van der Waals surface area contributed by atoms with Crippen LogP contribution in [0.25, 0.3) is 11.4 Å². The lowest BCUT2D eigenvalue weighted by Gasteiger charge is -2.14. The van der Waals surface area contributed by atoms with Crippen LogP contribution in [0.15, 0.2) is 53.9 Å². The number of nitrogens with zero attached hydrogens (tertiary/aromatic N) is 4. The Morgan fingerprint density at radius 2 is 2.04 bits per heavy atom. The first-order chi connectivity index (χ1) is 12.1.